The van der Waals surface area contributed by atoms with Crippen LogP contribution < -0.4 is 56.1 Å². The normalized spacial score (nSPS) is 11.3. The van der Waals surface area contributed by atoms with Gasteiger partial charge >= 0.3 is 58.4 Å². The first-order chi connectivity index (χ1) is 6.94. The van der Waals surface area contributed by atoms with E-state index in [0.717, 1.165) is 0 Å². The molecule has 0 aliphatic heterocycles. The summed E-state index contributed by atoms with van der Waals surface area (Å²) < 4.78 is 53.6. The Morgan fingerprint density at radius 2 is 1.88 bits per heavy atom. The molecule has 0 N–H and O–H groups in total. The maximum atomic E-state index is 13.3. The number of hydrogen-bond acceptors (Lipinski definition) is 1. The van der Waals surface area contributed by atoms with Crippen molar-refractivity contribution in [2.75, 3.05) is 7.11 Å². The van der Waals surface area contributed by atoms with Gasteiger partial charge in [-0.3, -0.25) is 0 Å². The molecule has 82 valence electrons. The van der Waals surface area contributed by atoms with Crippen LogP contribution >= 0.6 is 0 Å². The minimum Gasteiger partial charge on any atom is -0.494 e. The van der Waals surface area contributed by atoms with Gasteiger partial charge in [-0.15, -0.1) is 5.98 Å². The number of halogens is 4. The Bertz CT molecular complexity index is 378. The third-order valence-corrected chi connectivity index (χ3v) is 1.71. The monoisotopic (exact) mass is 258 g/mol. The van der Waals surface area contributed by atoms with Gasteiger partial charge in [0.15, 0.2) is 11.6 Å². The molecular weight excluding hydrogens is 250 g/mol. The first kappa shape index (κ1) is 16.2. The first-order valence-corrected chi connectivity index (χ1v) is 4.16. The van der Waals surface area contributed by atoms with Gasteiger partial charge in [0.2, 0.25) is 0 Å². The van der Waals surface area contributed by atoms with Crippen molar-refractivity contribution in [3.8, 4) is 5.75 Å². The molecule has 7 heteroatoms. The second-order valence-electron chi connectivity index (χ2n) is 2.85. The van der Waals surface area contributed by atoms with Crippen molar-refractivity contribution >= 4 is 13.1 Å². The summed E-state index contributed by atoms with van der Waals surface area (Å²) in [6.07, 6.45) is 0.692. The van der Waals surface area contributed by atoms with E-state index in [1.807, 2.05) is 0 Å². The van der Waals surface area contributed by atoms with Crippen LogP contribution in [0.5, 0.6) is 5.75 Å². The van der Waals surface area contributed by atoms with Gasteiger partial charge in [0, 0.05) is 5.56 Å². The number of benzene rings is 1. The second-order valence-corrected chi connectivity index (χ2v) is 2.85. The van der Waals surface area contributed by atoms with Gasteiger partial charge in [-0.2, -0.15) is 0 Å². The van der Waals surface area contributed by atoms with Crippen LogP contribution in [-0.4, -0.2) is 14.1 Å². The third-order valence-electron chi connectivity index (χ3n) is 1.71. The van der Waals surface area contributed by atoms with Crippen LogP contribution in [-0.2, 0) is 0 Å². The molecule has 1 nitrogen and oxygen atoms in total. The summed E-state index contributed by atoms with van der Waals surface area (Å²) in [6.45, 7) is -5.05. The Morgan fingerprint density at radius 1 is 1.25 bits per heavy atom. The predicted molar refractivity (Wildman–Crippen MR) is 51.1 cm³/mol. The van der Waals surface area contributed by atoms with Crippen LogP contribution in [0.3, 0.4) is 0 Å². The average Bonchev–Trinajstić information content (AvgIpc) is 2.15. The summed E-state index contributed by atoms with van der Waals surface area (Å²) >= 11 is 0. The zero-order valence-electron chi connectivity index (χ0n) is 8.88. The fourth-order valence-corrected chi connectivity index (χ4v) is 1.03. The van der Waals surface area contributed by atoms with Crippen molar-refractivity contribution in [3.05, 3.63) is 35.6 Å². The van der Waals surface area contributed by atoms with Gasteiger partial charge < -0.3 is 17.7 Å². The maximum Gasteiger partial charge on any atom is 1.00 e. The second kappa shape index (κ2) is 6.81. The van der Waals surface area contributed by atoms with Crippen LogP contribution in [0, 0.1) is 5.82 Å². The largest absolute Gasteiger partial charge is 1.00 e. The molecule has 0 spiro atoms. The topological polar surface area (TPSA) is 9.23 Å². The van der Waals surface area contributed by atoms with Gasteiger partial charge in [0.1, 0.15) is 0 Å². The molecule has 1 rings (SSSR count). The summed E-state index contributed by atoms with van der Waals surface area (Å²) in [5, 5.41) is 0. The van der Waals surface area contributed by atoms with Crippen LogP contribution in [0.4, 0.5) is 17.3 Å². The predicted octanol–water partition coefficient (Wildman–Crippen LogP) is 0.238. The molecule has 0 heterocycles. The van der Waals surface area contributed by atoms with Crippen molar-refractivity contribution in [2.45, 2.75) is 0 Å². The van der Waals surface area contributed by atoms with Gasteiger partial charge in [-0.25, -0.2) is 4.39 Å². The Morgan fingerprint density at radius 3 is 2.38 bits per heavy atom. The summed E-state index contributed by atoms with van der Waals surface area (Å²) in [5.41, 5.74) is -0.145. The molecule has 0 amide bonds. The van der Waals surface area contributed by atoms with Gasteiger partial charge in [-0.05, 0) is 6.07 Å². The number of methoxy groups -OCH3 is 1. The van der Waals surface area contributed by atoms with Crippen molar-refractivity contribution in [2.24, 2.45) is 0 Å². The minimum absolute atomic E-state index is 0. The Kier molecular flexibility index (Phi) is 6.88. The van der Waals surface area contributed by atoms with Crippen LogP contribution in [0.2, 0.25) is 0 Å². The molecule has 0 aromatic heterocycles. The summed E-state index contributed by atoms with van der Waals surface area (Å²) in [6, 6.07) is 4.01. The van der Waals surface area contributed by atoms with Gasteiger partial charge in [0.05, 0.1) is 7.11 Å². The summed E-state index contributed by atoms with van der Waals surface area (Å²) in [5.74, 6) is -0.833. The van der Waals surface area contributed by atoms with Crippen molar-refractivity contribution < 1.29 is 73.5 Å². The fraction of sp³-hybridized carbons (Fsp3) is 0.111. The van der Waals surface area contributed by atoms with Crippen LogP contribution in [0.15, 0.2) is 24.2 Å². The Labute approximate surface area is 133 Å². The smallest absolute Gasteiger partial charge is 0.494 e. The molecule has 0 unspecified atom stereocenters. The van der Waals surface area contributed by atoms with E-state index in [-0.39, 0.29) is 68.7 Å². The Balaban J connectivity index is 0.00000225. The zero-order valence-corrected chi connectivity index (χ0v) is 12.0. The summed E-state index contributed by atoms with van der Waals surface area (Å²) in [4.78, 5) is 0. The van der Waals surface area contributed by atoms with Crippen molar-refractivity contribution in [3.63, 3.8) is 0 Å². The number of ether oxygens (including phenoxy) is 1. The molecule has 1 aromatic rings. The van der Waals surface area contributed by atoms with E-state index in [1.54, 1.807) is 0 Å². The molecular formula is C9H8BF4KO. The van der Waals surface area contributed by atoms with E-state index in [0.29, 0.717) is 6.08 Å². The summed E-state index contributed by atoms with van der Waals surface area (Å²) in [7, 11) is 1.25. The molecule has 1 aromatic carbocycles. The quantitative estimate of drug-likeness (QED) is 0.557. The molecule has 0 saturated carbocycles. The van der Waals surface area contributed by atoms with E-state index in [1.165, 1.54) is 25.3 Å². The van der Waals surface area contributed by atoms with Crippen molar-refractivity contribution in [1.82, 2.24) is 0 Å². The molecule has 0 fully saturated rings. The molecule has 0 atom stereocenters. The maximum absolute atomic E-state index is 13.3. The standard InChI is InChI=1S/C9H8BF4O.K/c1-15-8-4-2-3-7(9(8)11)5-6-10(12,13)14;/h2-6H,1H3;/q-1;+1/b6-5+;. The Hall–Kier alpha value is 0.181. The molecule has 16 heavy (non-hydrogen) atoms. The van der Waals surface area contributed by atoms with E-state index < -0.39 is 12.8 Å². The molecule has 0 aliphatic rings. The van der Waals surface area contributed by atoms with E-state index >= 15 is 0 Å². The number of hydrogen-bond donors (Lipinski definition) is 0. The van der Waals surface area contributed by atoms with Crippen LogP contribution in [0.1, 0.15) is 5.56 Å². The molecule has 0 bridgehead atoms. The third kappa shape index (κ3) is 5.01. The zero-order chi connectivity index (χ0) is 11.5. The van der Waals surface area contributed by atoms with Crippen molar-refractivity contribution in [1.29, 1.82) is 0 Å². The molecule has 0 saturated heterocycles. The minimum atomic E-state index is -5.05. The average molecular weight is 258 g/mol. The first-order valence-electron chi connectivity index (χ1n) is 4.16. The van der Waals surface area contributed by atoms with Crippen LogP contribution in [0.25, 0.3) is 6.08 Å². The number of rotatable bonds is 3. The SMILES string of the molecule is COc1cccc(/C=C/[B-](F)(F)F)c1F.[K+]. The van der Waals surface area contributed by atoms with E-state index in [9.17, 15) is 17.3 Å². The molecule has 0 aliphatic carbocycles. The molecule has 0 radical (unpaired) electrons. The van der Waals surface area contributed by atoms with E-state index in [4.69, 9.17) is 0 Å². The van der Waals surface area contributed by atoms with Gasteiger partial charge in [-0.1, -0.05) is 18.2 Å². The fourth-order valence-electron chi connectivity index (χ4n) is 1.03. The van der Waals surface area contributed by atoms with E-state index in [2.05, 4.69) is 4.74 Å². The van der Waals surface area contributed by atoms with Gasteiger partial charge in [0.25, 0.3) is 0 Å².